The van der Waals surface area contributed by atoms with E-state index in [1.165, 1.54) is 13.2 Å². The lowest BCUT2D eigenvalue weighted by Crippen LogP contribution is -2.50. The standard InChI is InChI=1S/C25H34N4O5/c1-16(33-5)21-19(23(30)31)9-10-20(22(21)26)27-17-7-6-8-18(15-17)28-11-13-29(14-12-28)24(32)34-25(2,3)4/h6-10,15-16,27H,11-14,26H2,1-5H3,(H,30,31). The van der Waals surface area contributed by atoms with Crippen molar-refractivity contribution in [3.8, 4) is 0 Å². The maximum atomic E-state index is 12.3. The molecule has 1 unspecified atom stereocenters. The molecule has 2 aromatic carbocycles. The monoisotopic (exact) mass is 470 g/mol. The Kier molecular flexibility index (Phi) is 7.56. The second-order valence-electron chi connectivity index (χ2n) is 9.30. The maximum absolute atomic E-state index is 12.3. The van der Waals surface area contributed by atoms with Crippen molar-refractivity contribution in [1.82, 2.24) is 4.90 Å². The number of rotatable bonds is 6. The van der Waals surface area contributed by atoms with Gasteiger partial charge in [0.15, 0.2) is 0 Å². The molecule has 1 fully saturated rings. The summed E-state index contributed by atoms with van der Waals surface area (Å²) in [5.74, 6) is -1.05. The topological polar surface area (TPSA) is 117 Å². The molecule has 1 aliphatic rings. The van der Waals surface area contributed by atoms with E-state index in [0.717, 1.165) is 11.4 Å². The van der Waals surface area contributed by atoms with Crippen LogP contribution in [0, 0.1) is 0 Å². The van der Waals surface area contributed by atoms with Crippen LogP contribution in [0.5, 0.6) is 0 Å². The maximum Gasteiger partial charge on any atom is 0.410 e. The molecule has 0 aromatic heterocycles. The zero-order valence-corrected chi connectivity index (χ0v) is 20.4. The van der Waals surface area contributed by atoms with E-state index in [1.54, 1.807) is 17.9 Å². The third-order valence-electron chi connectivity index (χ3n) is 5.70. The summed E-state index contributed by atoms with van der Waals surface area (Å²) in [6.45, 7) is 9.88. The lowest BCUT2D eigenvalue weighted by Gasteiger charge is -2.36. The molecule has 1 amide bonds. The van der Waals surface area contributed by atoms with Crippen LogP contribution in [0.15, 0.2) is 36.4 Å². The van der Waals surface area contributed by atoms with Gasteiger partial charge in [0.05, 0.1) is 23.0 Å². The van der Waals surface area contributed by atoms with Crippen molar-refractivity contribution in [1.29, 1.82) is 0 Å². The van der Waals surface area contributed by atoms with Crippen LogP contribution in [-0.4, -0.2) is 61.0 Å². The summed E-state index contributed by atoms with van der Waals surface area (Å²) in [6, 6.07) is 11.1. The number of nitrogens with two attached hydrogens (primary N) is 1. The van der Waals surface area contributed by atoms with Gasteiger partial charge < -0.3 is 35.4 Å². The Bertz CT molecular complexity index is 1040. The number of nitrogens with one attached hydrogen (secondary N) is 1. The zero-order valence-electron chi connectivity index (χ0n) is 20.4. The third kappa shape index (κ3) is 5.91. The molecule has 1 heterocycles. The summed E-state index contributed by atoms with van der Waals surface area (Å²) in [4.78, 5) is 27.9. The molecule has 1 saturated heterocycles. The van der Waals surface area contributed by atoms with Crippen molar-refractivity contribution >= 4 is 34.8 Å². The summed E-state index contributed by atoms with van der Waals surface area (Å²) >= 11 is 0. The van der Waals surface area contributed by atoms with Crippen molar-refractivity contribution < 1.29 is 24.2 Å². The molecule has 1 atom stereocenters. The Balaban J connectivity index is 1.74. The van der Waals surface area contributed by atoms with E-state index < -0.39 is 17.7 Å². The van der Waals surface area contributed by atoms with Crippen LogP contribution in [0.25, 0.3) is 0 Å². The van der Waals surface area contributed by atoms with Gasteiger partial charge in [0.2, 0.25) is 0 Å². The minimum atomic E-state index is -1.05. The Morgan fingerprint density at radius 1 is 1.12 bits per heavy atom. The van der Waals surface area contributed by atoms with Gasteiger partial charge in [-0.05, 0) is 58.0 Å². The van der Waals surface area contributed by atoms with Gasteiger partial charge in [-0.25, -0.2) is 9.59 Å². The average molecular weight is 471 g/mol. The van der Waals surface area contributed by atoms with Crippen LogP contribution < -0.4 is 16.0 Å². The Morgan fingerprint density at radius 3 is 2.38 bits per heavy atom. The van der Waals surface area contributed by atoms with Gasteiger partial charge in [0.25, 0.3) is 0 Å². The van der Waals surface area contributed by atoms with Crippen LogP contribution in [0.2, 0.25) is 0 Å². The minimum Gasteiger partial charge on any atom is -0.478 e. The van der Waals surface area contributed by atoms with E-state index in [0.29, 0.717) is 43.1 Å². The molecule has 0 saturated carbocycles. The summed E-state index contributed by atoms with van der Waals surface area (Å²) < 4.78 is 10.8. The van der Waals surface area contributed by atoms with Crippen LogP contribution in [0.3, 0.4) is 0 Å². The van der Waals surface area contributed by atoms with Crippen LogP contribution in [0.1, 0.15) is 49.7 Å². The van der Waals surface area contributed by atoms with Gasteiger partial charge in [-0.1, -0.05) is 6.07 Å². The smallest absolute Gasteiger partial charge is 0.410 e. The number of hydrogen-bond donors (Lipinski definition) is 3. The van der Waals surface area contributed by atoms with Crippen molar-refractivity contribution in [2.24, 2.45) is 0 Å². The van der Waals surface area contributed by atoms with Gasteiger partial charge >= 0.3 is 12.1 Å². The van der Waals surface area contributed by atoms with E-state index in [9.17, 15) is 14.7 Å². The van der Waals surface area contributed by atoms with E-state index >= 15 is 0 Å². The molecule has 34 heavy (non-hydrogen) atoms. The first-order chi connectivity index (χ1) is 16.0. The number of benzene rings is 2. The number of aromatic carboxylic acids is 1. The second kappa shape index (κ2) is 10.2. The highest BCUT2D eigenvalue weighted by atomic mass is 16.6. The molecule has 0 spiro atoms. The first-order valence-electron chi connectivity index (χ1n) is 11.3. The van der Waals surface area contributed by atoms with Crippen LogP contribution in [-0.2, 0) is 9.47 Å². The predicted molar refractivity (Wildman–Crippen MR) is 133 cm³/mol. The largest absolute Gasteiger partial charge is 0.478 e. The van der Waals surface area contributed by atoms with E-state index in [4.69, 9.17) is 15.2 Å². The lowest BCUT2D eigenvalue weighted by molar-refractivity contribution is 0.0240. The highest BCUT2D eigenvalue weighted by Crippen LogP contribution is 2.35. The minimum absolute atomic E-state index is 0.119. The van der Waals surface area contributed by atoms with Crippen molar-refractivity contribution in [3.63, 3.8) is 0 Å². The fourth-order valence-corrected chi connectivity index (χ4v) is 3.90. The van der Waals surface area contributed by atoms with Gasteiger partial charge in [-0.3, -0.25) is 0 Å². The van der Waals surface area contributed by atoms with E-state index in [1.807, 2.05) is 45.0 Å². The number of ether oxygens (including phenoxy) is 2. The molecular formula is C25H34N4O5. The number of carboxylic acid groups (broad SMARTS) is 1. The Labute approximate surface area is 200 Å². The number of amides is 1. The number of carbonyl (C=O) groups excluding carboxylic acids is 1. The normalized spacial score (nSPS) is 15.1. The molecule has 0 aliphatic carbocycles. The highest BCUT2D eigenvalue weighted by Gasteiger charge is 2.26. The van der Waals surface area contributed by atoms with Crippen LogP contribution >= 0.6 is 0 Å². The fraction of sp³-hybridized carbons (Fsp3) is 0.440. The predicted octanol–water partition coefficient (Wildman–Crippen LogP) is 4.48. The second-order valence-corrected chi connectivity index (χ2v) is 9.30. The molecular weight excluding hydrogens is 436 g/mol. The number of hydrogen-bond acceptors (Lipinski definition) is 7. The summed E-state index contributed by atoms with van der Waals surface area (Å²) in [5.41, 5.74) is 9.17. The Morgan fingerprint density at radius 2 is 1.79 bits per heavy atom. The summed E-state index contributed by atoms with van der Waals surface area (Å²) in [7, 11) is 1.52. The first-order valence-corrected chi connectivity index (χ1v) is 11.3. The lowest BCUT2D eigenvalue weighted by atomic mass is 9.99. The zero-order chi connectivity index (χ0) is 25.0. The number of nitrogens with zero attached hydrogens (tertiary/aromatic N) is 2. The molecule has 3 rings (SSSR count). The van der Waals surface area contributed by atoms with Crippen molar-refractivity contribution in [2.45, 2.75) is 39.4 Å². The number of anilines is 4. The van der Waals surface area contributed by atoms with E-state index in [-0.39, 0.29) is 11.7 Å². The molecule has 0 bridgehead atoms. The molecule has 9 heteroatoms. The number of methoxy groups -OCH3 is 1. The quantitative estimate of drug-likeness (QED) is 0.529. The van der Waals surface area contributed by atoms with Gasteiger partial charge in [-0.2, -0.15) is 0 Å². The number of nitrogen functional groups attached to an aromatic ring is 1. The average Bonchev–Trinajstić information content (AvgIpc) is 2.78. The fourth-order valence-electron chi connectivity index (χ4n) is 3.90. The van der Waals surface area contributed by atoms with Gasteiger partial charge in [-0.15, -0.1) is 0 Å². The van der Waals surface area contributed by atoms with Gasteiger partial charge in [0.1, 0.15) is 5.60 Å². The number of carboxylic acids is 1. The molecule has 2 aromatic rings. The Hall–Kier alpha value is -3.46. The van der Waals surface area contributed by atoms with Gasteiger partial charge in [0, 0.05) is 50.2 Å². The van der Waals surface area contributed by atoms with E-state index in [2.05, 4.69) is 10.2 Å². The number of carbonyl (C=O) groups is 2. The van der Waals surface area contributed by atoms with Crippen LogP contribution in [0.4, 0.5) is 27.5 Å². The summed E-state index contributed by atoms with van der Waals surface area (Å²) in [5, 5.41) is 12.8. The number of piperazine rings is 1. The molecule has 0 radical (unpaired) electrons. The van der Waals surface area contributed by atoms with Crippen molar-refractivity contribution in [3.05, 3.63) is 47.5 Å². The summed E-state index contributed by atoms with van der Waals surface area (Å²) in [6.07, 6.45) is -0.760. The molecule has 4 N–H and O–H groups in total. The molecule has 184 valence electrons. The SMILES string of the molecule is COC(C)c1c(C(=O)O)ccc(Nc2cccc(N3CCN(C(=O)OC(C)(C)C)CC3)c2)c1N. The first kappa shape index (κ1) is 25.2. The highest BCUT2D eigenvalue weighted by molar-refractivity contribution is 5.94. The third-order valence-corrected chi connectivity index (χ3v) is 5.70. The molecule has 9 nitrogen and oxygen atoms in total. The molecule has 1 aliphatic heterocycles. The van der Waals surface area contributed by atoms with Crippen molar-refractivity contribution in [2.75, 3.05) is 49.2 Å².